The monoisotopic (exact) mass is 353 g/mol. The number of morpholine rings is 1. The maximum absolute atomic E-state index is 12.5. The number of benzene rings is 1. The molecule has 0 saturated carbocycles. The van der Waals surface area contributed by atoms with Crippen molar-refractivity contribution in [3.63, 3.8) is 0 Å². The van der Waals surface area contributed by atoms with Crippen LogP contribution in [0, 0.1) is 0 Å². The van der Waals surface area contributed by atoms with Crippen molar-refractivity contribution in [1.29, 1.82) is 0 Å². The molecule has 1 amide bonds. The van der Waals surface area contributed by atoms with E-state index in [9.17, 15) is 9.82 Å². The van der Waals surface area contributed by atoms with Crippen LogP contribution in [-0.2, 0) is 15.8 Å². The first-order valence-electron chi connectivity index (χ1n) is 8.73. The third kappa shape index (κ3) is 3.57. The molecule has 1 saturated heterocycles. The van der Waals surface area contributed by atoms with Gasteiger partial charge in [0, 0.05) is 31.6 Å². The molecule has 1 aromatic carbocycles. The number of ether oxygens (including phenoxy) is 1. The second-order valence-corrected chi connectivity index (χ2v) is 6.35. The molecule has 26 heavy (non-hydrogen) atoms. The smallest absolute Gasteiger partial charge is 0.423 e. The minimum absolute atomic E-state index is 0.239. The topological polar surface area (TPSA) is 83.9 Å². The molecule has 8 heteroatoms. The Balaban J connectivity index is 1.45. The Kier molecular flexibility index (Phi) is 4.88. The summed E-state index contributed by atoms with van der Waals surface area (Å²) in [4.78, 5) is 19.0. The van der Waals surface area contributed by atoms with E-state index in [2.05, 4.69) is 15.2 Å². The number of hydrogen-bond acceptors (Lipinski definition) is 6. The van der Waals surface area contributed by atoms with Crippen LogP contribution in [0.25, 0.3) is 0 Å². The highest BCUT2D eigenvalue weighted by Gasteiger charge is 2.25. The molecule has 2 aromatic rings. The molecule has 0 aliphatic carbocycles. The summed E-state index contributed by atoms with van der Waals surface area (Å²) in [5.74, 6) is 0.607. The summed E-state index contributed by atoms with van der Waals surface area (Å²) in [6.07, 6.45) is 2.34. The quantitative estimate of drug-likeness (QED) is 0.779. The van der Waals surface area contributed by atoms with Gasteiger partial charge in [-0.3, -0.25) is 4.79 Å². The Labute approximate surface area is 152 Å². The molecule has 2 aliphatic rings. The molecule has 0 radical (unpaired) electrons. The molecule has 0 unspecified atom stereocenters. The summed E-state index contributed by atoms with van der Waals surface area (Å²) < 4.78 is 10.6. The van der Waals surface area contributed by atoms with Gasteiger partial charge in [0.15, 0.2) is 0 Å². The van der Waals surface area contributed by atoms with Gasteiger partial charge in [0.25, 0.3) is 5.91 Å². The molecule has 0 bridgehead atoms. The number of rotatable bonds is 3. The predicted molar refractivity (Wildman–Crippen MR) is 98.9 cm³/mol. The Hall–Kier alpha value is -2.42. The van der Waals surface area contributed by atoms with Crippen LogP contribution in [0.2, 0.25) is 0 Å². The zero-order valence-corrected chi connectivity index (χ0v) is 14.4. The number of aromatic nitrogens is 1. The normalized spacial score (nSPS) is 17.0. The van der Waals surface area contributed by atoms with Gasteiger partial charge in [0.05, 0.1) is 18.8 Å². The molecule has 1 aromatic heterocycles. The lowest BCUT2D eigenvalue weighted by atomic mass is 9.73. The largest absolute Gasteiger partial charge is 0.491 e. The average Bonchev–Trinajstić information content (AvgIpc) is 2.69. The van der Waals surface area contributed by atoms with Crippen LogP contribution < -0.4 is 15.7 Å². The molecule has 0 atom stereocenters. The summed E-state index contributed by atoms with van der Waals surface area (Å²) in [7, 11) is -0.940. The maximum Gasteiger partial charge on any atom is 0.491 e. The zero-order valence-electron chi connectivity index (χ0n) is 14.4. The van der Waals surface area contributed by atoms with E-state index in [-0.39, 0.29) is 5.91 Å². The van der Waals surface area contributed by atoms with Gasteiger partial charge < -0.3 is 24.6 Å². The van der Waals surface area contributed by atoms with Crippen LogP contribution in [0.1, 0.15) is 15.9 Å². The summed E-state index contributed by atoms with van der Waals surface area (Å²) in [5.41, 5.74) is 2.85. The van der Waals surface area contributed by atoms with Crippen LogP contribution in [-0.4, -0.2) is 55.9 Å². The van der Waals surface area contributed by atoms with Crippen LogP contribution in [0.15, 0.2) is 36.5 Å². The predicted octanol–water partition coefficient (Wildman–Crippen LogP) is 0.431. The van der Waals surface area contributed by atoms with Gasteiger partial charge in [-0.05, 0) is 41.7 Å². The molecule has 1 fully saturated rings. The van der Waals surface area contributed by atoms with Crippen molar-refractivity contribution >= 4 is 30.0 Å². The fraction of sp³-hybridized carbons (Fsp3) is 0.333. The standard InChI is InChI=1S/C18H20BN3O4/c23-18(14-2-4-17(20-12-14)22-6-9-25-10-7-22)21-15-3-1-13-5-8-26-19(24)16(13)11-15/h1-4,11-12,24H,5-10H2,(H,21,23). The van der Waals surface area contributed by atoms with E-state index < -0.39 is 7.12 Å². The summed E-state index contributed by atoms with van der Waals surface area (Å²) in [6, 6.07) is 9.13. The zero-order chi connectivity index (χ0) is 17.9. The first-order valence-corrected chi connectivity index (χ1v) is 8.73. The Morgan fingerprint density at radius 2 is 2.04 bits per heavy atom. The fourth-order valence-electron chi connectivity index (χ4n) is 3.20. The van der Waals surface area contributed by atoms with Crippen molar-refractivity contribution in [3.8, 4) is 0 Å². The van der Waals surface area contributed by atoms with E-state index in [0.29, 0.717) is 36.5 Å². The second kappa shape index (κ2) is 7.45. The third-order valence-electron chi connectivity index (χ3n) is 4.66. The molecule has 2 aliphatic heterocycles. The molecule has 7 nitrogen and oxygen atoms in total. The lowest BCUT2D eigenvalue weighted by Crippen LogP contribution is -2.41. The molecular formula is C18H20BN3O4. The lowest BCUT2D eigenvalue weighted by molar-refractivity contribution is 0.102. The van der Waals surface area contributed by atoms with Gasteiger partial charge in [-0.2, -0.15) is 0 Å². The van der Waals surface area contributed by atoms with Crippen molar-refractivity contribution in [2.45, 2.75) is 6.42 Å². The first-order chi connectivity index (χ1) is 12.7. The highest BCUT2D eigenvalue weighted by atomic mass is 16.5. The minimum atomic E-state index is -0.940. The molecule has 0 spiro atoms. The molecular weight excluding hydrogens is 333 g/mol. The van der Waals surface area contributed by atoms with E-state index >= 15 is 0 Å². The molecule has 134 valence electrons. The van der Waals surface area contributed by atoms with Crippen molar-refractivity contribution < 1.29 is 19.2 Å². The first kappa shape index (κ1) is 17.0. The number of anilines is 2. The van der Waals surface area contributed by atoms with E-state index in [1.807, 2.05) is 18.2 Å². The number of carbonyl (C=O) groups is 1. The van der Waals surface area contributed by atoms with Crippen molar-refractivity contribution in [3.05, 3.63) is 47.7 Å². The number of carbonyl (C=O) groups excluding carboxylic acids is 1. The number of hydrogen-bond donors (Lipinski definition) is 2. The summed E-state index contributed by atoms with van der Waals surface area (Å²) >= 11 is 0. The highest BCUT2D eigenvalue weighted by molar-refractivity contribution is 6.61. The summed E-state index contributed by atoms with van der Waals surface area (Å²) in [6.45, 7) is 3.49. The number of fused-ring (bicyclic) bond motifs is 1. The van der Waals surface area contributed by atoms with Crippen molar-refractivity contribution in [2.24, 2.45) is 0 Å². The fourth-order valence-corrected chi connectivity index (χ4v) is 3.20. The Morgan fingerprint density at radius 3 is 2.81 bits per heavy atom. The number of pyridine rings is 1. The van der Waals surface area contributed by atoms with E-state index in [4.69, 9.17) is 9.39 Å². The molecule has 3 heterocycles. The molecule has 2 N–H and O–H groups in total. The average molecular weight is 353 g/mol. The maximum atomic E-state index is 12.5. The van der Waals surface area contributed by atoms with E-state index in [1.165, 1.54) is 0 Å². The van der Waals surface area contributed by atoms with E-state index in [1.54, 1.807) is 18.3 Å². The van der Waals surface area contributed by atoms with E-state index in [0.717, 1.165) is 30.9 Å². The van der Waals surface area contributed by atoms with Crippen LogP contribution in [0.5, 0.6) is 0 Å². The molecule has 4 rings (SSSR count). The van der Waals surface area contributed by atoms with Crippen molar-refractivity contribution in [2.75, 3.05) is 43.1 Å². The van der Waals surface area contributed by atoms with Gasteiger partial charge >= 0.3 is 7.12 Å². The highest BCUT2D eigenvalue weighted by Crippen LogP contribution is 2.16. The minimum Gasteiger partial charge on any atom is -0.423 e. The third-order valence-corrected chi connectivity index (χ3v) is 4.66. The van der Waals surface area contributed by atoms with Crippen LogP contribution in [0.4, 0.5) is 11.5 Å². The van der Waals surface area contributed by atoms with Gasteiger partial charge in [0.2, 0.25) is 0 Å². The SMILES string of the molecule is O=C(Nc1ccc2c(c1)B(O)OCC2)c1ccc(N2CCOCC2)nc1. The summed E-state index contributed by atoms with van der Waals surface area (Å²) in [5, 5.41) is 12.8. The van der Waals surface area contributed by atoms with Crippen LogP contribution >= 0.6 is 0 Å². The van der Waals surface area contributed by atoms with Gasteiger partial charge in [-0.15, -0.1) is 0 Å². The van der Waals surface area contributed by atoms with Gasteiger partial charge in [0.1, 0.15) is 5.82 Å². The second-order valence-electron chi connectivity index (χ2n) is 6.35. The number of nitrogens with zero attached hydrogens (tertiary/aromatic N) is 2. The number of amides is 1. The Bertz CT molecular complexity index is 794. The van der Waals surface area contributed by atoms with Crippen molar-refractivity contribution in [1.82, 2.24) is 4.98 Å². The van der Waals surface area contributed by atoms with Crippen LogP contribution in [0.3, 0.4) is 0 Å². The lowest BCUT2D eigenvalue weighted by Gasteiger charge is -2.27. The Morgan fingerprint density at radius 1 is 1.19 bits per heavy atom. The number of nitrogens with one attached hydrogen (secondary N) is 1. The van der Waals surface area contributed by atoms with Gasteiger partial charge in [-0.1, -0.05) is 6.07 Å². The van der Waals surface area contributed by atoms with Gasteiger partial charge in [-0.25, -0.2) is 4.98 Å².